The number of benzene rings is 3. The van der Waals surface area contributed by atoms with Crippen LogP contribution in [0.5, 0.6) is 5.75 Å². The molecule has 6 heterocycles. The molecule has 3 aliphatic rings. The highest BCUT2D eigenvalue weighted by Gasteiger charge is 2.32. The molecule has 3 N–H and O–H groups in total. The summed E-state index contributed by atoms with van der Waals surface area (Å²) in [5.74, 6) is 1.48. The molecule has 17 heteroatoms. The van der Waals surface area contributed by atoms with Crippen LogP contribution in [0.25, 0.3) is 21.9 Å². The molecule has 15 nitrogen and oxygen atoms in total. The molecule has 3 aliphatic heterocycles. The summed E-state index contributed by atoms with van der Waals surface area (Å²) in [6.45, 7) is 12.9. The number of rotatable bonds is 13. The molecule has 0 aliphatic carbocycles. The van der Waals surface area contributed by atoms with Crippen LogP contribution in [0.1, 0.15) is 55.5 Å². The Morgan fingerprint density at radius 2 is 1.68 bits per heavy atom. The van der Waals surface area contributed by atoms with Gasteiger partial charge in [-0.1, -0.05) is 31.2 Å². The van der Waals surface area contributed by atoms with E-state index in [0.717, 1.165) is 110 Å². The smallest absolute Gasteiger partial charge is 0.237 e. The van der Waals surface area contributed by atoms with Crippen molar-refractivity contribution in [3.05, 3.63) is 88.4 Å². The second-order valence-corrected chi connectivity index (χ2v) is 21.8. The predicted molar refractivity (Wildman–Crippen MR) is 262 cm³/mol. The summed E-state index contributed by atoms with van der Waals surface area (Å²) in [7, 11) is 0.950. The van der Waals surface area contributed by atoms with Gasteiger partial charge in [-0.3, -0.25) is 24.8 Å². The fourth-order valence-electron chi connectivity index (χ4n) is 9.79. The van der Waals surface area contributed by atoms with Crippen molar-refractivity contribution in [2.24, 2.45) is 7.05 Å². The normalized spacial score (nSPS) is 18.1. The van der Waals surface area contributed by atoms with Crippen LogP contribution in [0.2, 0.25) is 0 Å². The minimum Gasteiger partial charge on any atom is -0.494 e. The van der Waals surface area contributed by atoms with Gasteiger partial charge in [-0.25, -0.2) is 9.97 Å². The average Bonchev–Trinajstić information content (AvgIpc) is 3.63. The molecule has 3 saturated heterocycles. The highest BCUT2D eigenvalue weighted by molar-refractivity contribution is 9.10. The van der Waals surface area contributed by atoms with Crippen molar-refractivity contribution in [3.63, 3.8) is 0 Å². The van der Waals surface area contributed by atoms with E-state index >= 15 is 0 Å². The number of nitrogens with one attached hydrogen (secondary N) is 3. The second-order valence-electron chi connectivity index (χ2n) is 17.8. The van der Waals surface area contributed by atoms with Crippen molar-refractivity contribution < 1.29 is 18.9 Å². The number of hydrogen-bond acceptors (Lipinski definition) is 13. The monoisotopic (exact) mass is 961 g/mol. The number of halogens is 1. The van der Waals surface area contributed by atoms with Gasteiger partial charge < -0.3 is 34.3 Å². The number of piperidine rings is 2. The number of carbonyl (C=O) groups is 2. The third-order valence-corrected chi connectivity index (χ3v) is 15.4. The summed E-state index contributed by atoms with van der Waals surface area (Å²) in [4.78, 5) is 50.9. The Morgan fingerprint density at radius 1 is 0.892 bits per heavy atom. The number of aryl methyl sites for hydroxylation is 2. The third kappa shape index (κ3) is 9.49. The Kier molecular flexibility index (Phi) is 13.0. The maximum absolute atomic E-state index is 13.6. The third-order valence-electron chi connectivity index (χ3n) is 13.3. The Hall–Kier alpha value is -5.41. The summed E-state index contributed by atoms with van der Waals surface area (Å²) >= 11 is 3.61. The maximum atomic E-state index is 13.6. The molecule has 0 saturated carbocycles. The zero-order valence-corrected chi connectivity index (χ0v) is 40.2. The molecular weight excluding hydrogens is 905 g/mol. The summed E-state index contributed by atoms with van der Waals surface area (Å²) in [6, 6.07) is 19.0. The molecule has 3 aromatic heterocycles. The molecule has 0 spiro atoms. The molecular formula is C48H57BrN11O4P. The number of amides is 2. The van der Waals surface area contributed by atoms with Crippen molar-refractivity contribution in [3.8, 4) is 5.75 Å². The number of aromatic nitrogens is 5. The molecule has 1 unspecified atom stereocenters. The Morgan fingerprint density at radius 3 is 2.42 bits per heavy atom. The molecule has 3 fully saturated rings. The predicted octanol–water partition coefficient (Wildman–Crippen LogP) is 7.33. The molecule has 6 aromatic rings. The number of imidazole rings is 1. The minimum absolute atomic E-state index is 0.211. The Bertz CT molecular complexity index is 2810. The number of ether oxygens (including phenoxy) is 1. The lowest BCUT2D eigenvalue weighted by Crippen LogP contribution is -2.53. The van der Waals surface area contributed by atoms with E-state index in [-0.39, 0.29) is 11.8 Å². The second kappa shape index (κ2) is 18.8. The minimum atomic E-state index is -2.71. The van der Waals surface area contributed by atoms with Gasteiger partial charge in [0.05, 0.1) is 51.6 Å². The molecule has 0 radical (unpaired) electrons. The highest BCUT2D eigenvalue weighted by atomic mass is 79.9. The fraction of sp³-hybridized carbons (Fsp3) is 0.417. The maximum Gasteiger partial charge on any atom is 0.237 e. The van der Waals surface area contributed by atoms with Crippen molar-refractivity contribution in [2.45, 2.75) is 57.4 Å². The number of carbonyl (C=O) groups excluding carboxylic acids is 2. The van der Waals surface area contributed by atoms with Crippen LogP contribution in [0.3, 0.4) is 0 Å². The van der Waals surface area contributed by atoms with E-state index < -0.39 is 13.1 Å². The summed E-state index contributed by atoms with van der Waals surface area (Å²) in [6.07, 6.45) is 8.28. The van der Waals surface area contributed by atoms with E-state index in [4.69, 9.17) is 14.7 Å². The first-order valence-corrected chi connectivity index (χ1v) is 26.0. The van der Waals surface area contributed by atoms with Crippen LogP contribution in [0.4, 0.5) is 28.8 Å². The van der Waals surface area contributed by atoms with E-state index in [1.165, 1.54) is 16.8 Å². The number of hydrogen-bond donors (Lipinski definition) is 3. The summed E-state index contributed by atoms with van der Waals surface area (Å²) < 4.78 is 22.2. The standard InChI is InChI=1S/C48H57BrN11O4P/c1-6-31-26-38(54-48-51-28-35(49)45(56-48)52-39-29-50-36-10-8-7-9-33(36)44(39)65(4,5)63)42(64-3)27-40(31)60-19-16-32(17-20-60)59-23-21-58(22-24-59)18-15-30-11-13-37-41(25-30)57(2)46(53-37)34-12-14-43(61)55-47(34)62/h7-11,13,25-29,32,34H,6,12,14-24H2,1-5H3,(H,55,61,62)(H2,51,52,54,56). The van der Waals surface area contributed by atoms with Crippen molar-refractivity contribution in [1.29, 1.82) is 0 Å². The Labute approximate surface area is 388 Å². The van der Waals surface area contributed by atoms with Gasteiger partial charge in [0.25, 0.3) is 0 Å². The van der Waals surface area contributed by atoms with Crippen molar-refractivity contribution >= 4 is 91.0 Å². The van der Waals surface area contributed by atoms with E-state index in [1.807, 2.05) is 35.9 Å². The van der Waals surface area contributed by atoms with Gasteiger partial charge in [0.1, 0.15) is 24.5 Å². The van der Waals surface area contributed by atoms with E-state index in [0.29, 0.717) is 46.6 Å². The van der Waals surface area contributed by atoms with Crippen LogP contribution >= 0.6 is 23.1 Å². The van der Waals surface area contributed by atoms with Gasteiger partial charge in [-0.05, 0) is 96.8 Å². The number of piperazine rings is 1. The SMILES string of the molecule is CCc1cc(Nc2ncc(Br)c(Nc3cnc4ccccc4c3P(C)(C)=O)n2)c(OC)cc1N1CCC(N2CCN(CCc3ccc4nc(C5CCC(=O)NC5=O)n(C)c4c3)CC2)CC1. The lowest BCUT2D eigenvalue weighted by atomic mass is 9.97. The van der Waals surface area contributed by atoms with Crippen molar-refractivity contribution in [2.75, 3.05) is 81.8 Å². The number of pyridine rings is 1. The van der Waals surface area contributed by atoms with Gasteiger partial charge >= 0.3 is 0 Å². The molecule has 2 amide bonds. The molecule has 65 heavy (non-hydrogen) atoms. The van der Waals surface area contributed by atoms with Gasteiger partial charge in [-0.2, -0.15) is 4.98 Å². The first-order chi connectivity index (χ1) is 31.4. The lowest BCUT2D eigenvalue weighted by Gasteiger charge is -2.43. The number of para-hydroxylation sites is 1. The highest BCUT2D eigenvalue weighted by Crippen LogP contribution is 2.42. The van der Waals surface area contributed by atoms with Crippen molar-refractivity contribution in [1.82, 2.24) is 39.6 Å². The van der Waals surface area contributed by atoms with Crippen LogP contribution in [0, 0.1) is 0 Å². The van der Waals surface area contributed by atoms with Crippen LogP contribution in [0.15, 0.2) is 71.5 Å². The van der Waals surface area contributed by atoms with E-state index in [9.17, 15) is 14.2 Å². The van der Waals surface area contributed by atoms with Crippen LogP contribution < -0.4 is 30.9 Å². The van der Waals surface area contributed by atoms with E-state index in [1.54, 1.807) is 32.8 Å². The number of fused-ring (bicyclic) bond motifs is 2. The molecule has 340 valence electrons. The summed E-state index contributed by atoms with van der Waals surface area (Å²) in [5.41, 5.74) is 7.80. The van der Waals surface area contributed by atoms with Gasteiger partial charge in [-0.15, -0.1) is 0 Å². The first-order valence-electron chi connectivity index (χ1n) is 22.6. The average molecular weight is 963 g/mol. The zero-order chi connectivity index (χ0) is 45.4. The first kappa shape index (κ1) is 44.8. The summed E-state index contributed by atoms with van der Waals surface area (Å²) in [5, 5.41) is 10.9. The largest absolute Gasteiger partial charge is 0.494 e. The van der Waals surface area contributed by atoms with Crippen LogP contribution in [-0.2, 0) is 34.0 Å². The molecule has 1 atom stereocenters. The van der Waals surface area contributed by atoms with Gasteiger partial charge in [0.15, 0.2) is 0 Å². The zero-order valence-electron chi connectivity index (χ0n) is 37.7. The molecule has 0 bridgehead atoms. The number of imide groups is 1. The quantitative estimate of drug-likeness (QED) is 0.0780. The topological polar surface area (TPSA) is 163 Å². The number of anilines is 5. The number of nitrogens with zero attached hydrogens (tertiary/aromatic N) is 8. The Balaban J connectivity index is 0.799. The van der Waals surface area contributed by atoms with E-state index in [2.05, 4.69) is 93.8 Å². The molecule has 9 rings (SSSR count). The lowest BCUT2D eigenvalue weighted by molar-refractivity contribution is -0.134. The van der Waals surface area contributed by atoms with Gasteiger partial charge in [0.2, 0.25) is 17.8 Å². The fourth-order valence-corrected chi connectivity index (χ4v) is 11.5. The van der Waals surface area contributed by atoms with Gasteiger partial charge in [0, 0.05) is 94.0 Å². The van der Waals surface area contributed by atoms with Crippen LogP contribution in [-0.4, -0.2) is 118 Å². The molecule has 3 aromatic carbocycles. The number of methoxy groups -OCH3 is 1.